The fourth-order valence-electron chi connectivity index (χ4n) is 1.31. The number of aromatic nitrogens is 2. The van der Waals surface area contributed by atoms with E-state index in [1.807, 2.05) is 12.1 Å². The lowest BCUT2D eigenvalue weighted by atomic mass is 10.2. The van der Waals surface area contributed by atoms with Crippen molar-refractivity contribution < 1.29 is 9.90 Å². The first kappa shape index (κ1) is 7.79. The second kappa shape index (κ2) is 2.90. The number of fused-ring (bicyclic) bond motifs is 1. The monoisotopic (exact) mass is 176 g/mol. The molecule has 1 N–H and O–H groups in total. The number of pyridine rings is 1. The second-order valence-electron chi connectivity index (χ2n) is 2.78. The Hall–Kier alpha value is -1.84. The molecule has 0 saturated heterocycles. The summed E-state index contributed by atoms with van der Waals surface area (Å²) in [4.78, 5) is 14.4. The molecule has 0 spiro atoms. The van der Waals surface area contributed by atoms with Crippen LogP contribution in [0.15, 0.2) is 30.7 Å². The summed E-state index contributed by atoms with van der Waals surface area (Å²) in [5.74, 6) is -0.832. The summed E-state index contributed by atoms with van der Waals surface area (Å²) in [5.41, 5.74) is 1.65. The van der Waals surface area contributed by atoms with Gasteiger partial charge in [0.1, 0.15) is 0 Å². The molecule has 0 aromatic carbocycles. The third kappa shape index (κ3) is 1.38. The van der Waals surface area contributed by atoms with E-state index in [0.29, 0.717) is 0 Å². The highest BCUT2D eigenvalue weighted by Crippen LogP contribution is 2.07. The third-order valence-corrected chi connectivity index (χ3v) is 1.86. The first-order valence-electron chi connectivity index (χ1n) is 3.89. The van der Waals surface area contributed by atoms with E-state index < -0.39 is 5.97 Å². The van der Waals surface area contributed by atoms with E-state index in [0.717, 1.165) is 11.2 Å². The van der Waals surface area contributed by atoms with Gasteiger partial charge in [0.2, 0.25) is 0 Å². The van der Waals surface area contributed by atoms with Crippen molar-refractivity contribution >= 4 is 11.5 Å². The van der Waals surface area contributed by atoms with Gasteiger partial charge >= 0.3 is 5.97 Å². The van der Waals surface area contributed by atoms with Crippen LogP contribution in [0.1, 0.15) is 5.69 Å². The Morgan fingerprint density at radius 1 is 1.54 bits per heavy atom. The standard InChI is InChI=1S/C9H8N2O2/c12-9(13)4-7-2-1-3-8-5-10-6-11(7)8/h1-3,5-6H,4H2,(H,12,13). The summed E-state index contributed by atoms with van der Waals surface area (Å²) >= 11 is 0. The van der Waals surface area contributed by atoms with Gasteiger partial charge < -0.3 is 9.51 Å². The van der Waals surface area contributed by atoms with Crippen LogP contribution in [0.3, 0.4) is 0 Å². The molecule has 0 fully saturated rings. The van der Waals surface area contributed by atoms with Gasteiger partial charge in [-0.3, -0.25) is 4.79 Å². The molecule has 0 radical (unpaired) electrons. The van der Waals surface area contributed by atoms with Crippen LogP contribution in [0.5, 0.6) is 0 Å². The zero-order valence-corrected chi connectivity index (χ0v) is 6.84. The summed E-state index contributed by atoms with van der Waals surface area (Å²) in [6.45, 7) is 0. The van der Waals surface area contributed by atoms with Crippen molar-refractivity contribution in [3.8, 4) is 0 Å². The lowest BCUT2D eigenvalue weighted by molar-refractivity contribution is -0.136. The molecule has 4 nitrogen and oxygen atoms in total. The Balaban J connectivity index is 2.54. The SMILES string of the molecule is O=C(O)Cc1cccc2cncn12. The van der Waals surface area contributed by atoms with Crippen molar-refractivity contribution in [1.82, 2.24) is 9.38 Å². The van der Waals surface area contributed by atoms with Crippen LogP contribution in [0.2, 0.25) is 0 Å². The Labute approximate surface area is 74.5 Å². The molecule has 0 amide bonds. The first-order chi connectivity index (χ1) is 6.27. The van der Waals surface area contributed by atoms with Crippen LogP contribution in [0.25, 0.3) is 5.52 Å². The van der Waals surface area contributed by atoms with Crippen molar-refractivity contribution in [2.45, 2.75) is 6.42 Å². The molecular weight excluding hydrogens is 168 g/mol. The zero-order chi connectivity index (χ0) is 9.26. The van der Waals surface area contributed by atoms with Crippen LogP contribution >= 0.6 is 0 Å². The van der Waals surface area contributed by atoms with E-state index in [9.17, 15) is 4.79 Å². The molecule has 2 heterocycles. The topological polar surface area (TPSA) is 54.6 Å². The Morgan fingerprint density at radius 3 is 3.15 bits per heavy atom. The average Bonchev–Trinajstić information content (AvgIpc) is 2.51. The van der Waals surface area contributed by atoms with Crippen molar-refractivity contribution in [2.24, 2.45) is 0 Å². The molecule has 0 aliphatic carbocycles. The quantitative estimate of drug-likeness (QED) is 0.741. The number of nitrogens with zero attached hydrogens (tertiary/aromatic N) is 2. The summed E-state index contributed by atoms with van der Waals surface area (Å²) < 4.78 is 1.77. The molecule has 2 rings (SSSR count). The molecule has 0 atom stereocenters. The highest BCUT2D eigenvalue weighted by Gasteiger charge is 2.03. The molecule has 0 saturated carbocycles. The highest BCUT2D eigenvalue weighted by molar-refractivity contribution is 5.70. The van der Waals surface area contributed by atoms with Gasteiger partial charge in [0.05, 0.1) is 24.5 Å². The van der Waals surface area contributed by atoms with Gasteiger partial charge in [0.25, 0.3) is 0 Å². The summed E-state index contributed by atoms with van der Waals surface area (Å²) in [6.07, 6.45) is 3.34. The zero-order valence-electron chi connectivity index (χ0n) is 6.84. The minimum atomic E-state index is -0.832. The number of aliphatic carboxylic acids is 1. The van der Waals surface area contributed by atoms with E-state index in [-0.39, 0.29) is 6.42 Å². The smallest absolute Gasteiger partial charge is 0.309 e. The molecule has 4 heteroatoms. The van der Waals surface area contributed by atoms with Gasteiger partial charge in [-0.25, -0.2) is 4.98 Å². The van der Waals surface area contributed by atoms with Crippen LogP contribution in [0.4, 0.5) is 0 Å². The average molecular weight is 176 g/mol. The number of rotatable bonds is 2. The lowest BCUT2D eigenvalue weighted by Crippen LogP contribution is -2.04. The van der Waals surface area contributed by atoms with Crippen molar-refractivity contribution in [2.75, 3.05) is 0 Å². The Morgan fingerprint density at radius 2 is 2.38 bits per heavy atom. The minimum Gasteiger partial charge on any atom is -0.481 e. The number of imidazole rings is 1. The van der Waals surface area contributed by atoms with Gasteiger partial charge in [-0.15, -0.1) is 0 Å². The maximum atomic E-state index is 10.5. The third-order valence-electron chi connectivity index (χ3n) is 1.86. The second-order valence-corrected chi connectivity index (χ2v) is 2.78. The maximum Gasteiger partial charge on any atom is 0.309 e. The highest BCUT2D eigenvalue weighted by atomic mass is 16.4. The van der Waals surface area contributed by atoms with Crippen LogP contribution < -0.4 is 0 Å². The van der Waals surface area contributed by atoms with Gasteiger partial charge in [-0.2, -0.15) is 0 Å². The lowest BCUT2D eigenvalue weighted by Gasteiger charge is -2.00. The predicted octanol–water partition coefficient (Wildman–Crippen LogP) is 0.961. The van der Waals surface area contributed by atoms with Gasteiger partial charge in [-0.05, 0) is 12.1 Å². The van der Waals surface area contributed by atoms with Gasteiger partial charge in [0.15, 0.2) is 0 Å². The summed E-state index contributed by atoms with van der Waals surface area (Å²) in [6, 6.07) is 5.50. The number of carboxylic acid groups (broad SMARTS) is 1. The maximum absolute atomic E-state index is 10.5. The molecule has 0 bridgehead atoms. The van der Waals surface area contributed by atoms with E-state index in [2.05, 4.69) is 4.98 Å². The van der Waals surface area contributed by atoms with E-state index in [1.54, 1.807) is 23.0 Å². The number of hydrogen-bond acceptors (Lipinski definition) is 2. The normalized spacial score (nSPS) is 10.5. The minimum absolute atomic E-state index is 0.0215. The van der Waals surface area contributed by atoms with Gasteiger partial charge in [0, 0.05) is 5.69 Å². The van der Waals surface area contributed by atoms with Crippen LogP contribution in [-0.2, 0) is 11.2 Å². The van der Waals surface area contributed by atoms with Crippen LogP contribution in [-0.4, -0.2) is 20.5 Å². The first-order valence-corrected chi connectivity index (χ1v) is 3.89. The largest absolute Gasteiger partial charge is 0.481 e. The molecule has 2 aromatic rings. The van der Waals surface area contributed by atoms with Gasteiger partial charge in [-0.1, -0.05) is 6.07 Å². The van der Waals surface area contributed by atoms with E-state index in [4.69, 9.17) is 5.11 Å². The number of carboxylic acids is 1. The predicted molar refractivity (Wildman–Crippen MR) is 46.5 cm³/mol. The van der Waals surface area contributed by atoms with Crippen molar-refractivity contribution in [1.29, 1.82) is 0 Å². The van der Waals surface area contributed by atoms with E-state index in [1.165, 1.54) is 0 Å². The Kier molecular flexibility index (Phi) is 1.73. The van der Waals surface area contributed by atoms with Crippen molar-refractivity contribution in [3.05, 3.63) is 36.4 Å². The van der Waals surface area contributed by atoms with Crippen LogP contribution in [0, 0.1) is 0 Å². The summed E-state index contributed by atoms with van der Waals surface area (Å²) in [5, 5.41) is 8.63. The molecule has 0 aliphatic heterocycles. The van der Waals surface area contributed by atoms with E-state index >= 15 is 0 Å². The number of carbonyl (C=O) groups is 1. The molecule has 66 valence electrons. The molecule has 0 unspecified atom stereocenters. The molecular formula is C9H8N2O2. The molecule has 0 aliphatic rings. The molecule has 2 aromatic heterocycles. The fraction of sp³-hybridized carbons (Fsp3) is 0.111. The Bertz CT molecular complexity index is 448. The molecule has 13 heavy (non-hydrogen) atoms. The summed E-state index contributed by atoms with van der Waals surface area (Å²) in [7, 11) is 0. The number of hydrogen-bond donors (Lipinski definition) is 1. The van der Waals surface area contributed by atoms with Crippen molar-refractivity contribution in [3.63, 3.8) is 0 Å². The fourth-order valence-corrected chi connectivity index (χ4v) is 1.31.